The molecule has 0 aliphatic carbocycles. The van der Waals surface area contributed by atoms with Crippen molar-refractivity contribution in [2.45, 2.75) is 50.8 Å². The molecule has 6 heteroatoms. The molecule has 0 saturated carbocycles. The van der Waals surface area contributed by atoms with Gasteiger partial charge in [-0.15, -0.1) is 0 Å². The summed E-state index contributed by atoms with van der Waals surface area (Å²) in [6.07, 6.45) is 4.09. The summed E-state index contributed by atoms with van der Waals surface area (Å²) in [5, 5.41) is 3.91. The molecule has 3 atom stereocenters. The van der Waals surface area contributed by atoms with Crippen LogP contribution in [0.4, 0.5) is 0 Å². The van der Waals surface area contributed by atoms with Gasteiger partial charge in [-0.25, -0.2) is 0 Å². The zero-order chi connectivity index (χ0) is 16.4. The first-order chi connectivity index (χ1) is 11.1. The Kier molecular flexibility index (Phi) is 5.34. The van der Waals surface area contributed by atoms with E-state index in [1.807, 2.05) is 0 Å². The number of hydrogen-bond donors (Lipinski definition) is 1. The lowest BCUT2D eigenvalue weighted by molar-refractivity contribution is -0.128. The van der Waals surface area contributed by atoms with Gasteiger partial charge in [0.2, 0.25) is 0 Å². The number of piperidine rings is 1. The number of hydrogen-bond acceptors (Lipinski definition) is 3. The molecule has 4 nitrogen and oxygen atoms in total. The van der Waals surface area contributed by atoms with Crippen LogP contribution < -0.4 is 10.1 Å². The van der Waals surface area contributed by atoms with Crippen LogP contribution in [0.5, 0.6) is 5.75 Å². The van der Waals surface area contributed by atoms with Crippen LogP contribution in [-0.4, -0.2) is 42.1 Å². The van der Waals surface area contributed by atoms with Crippen molar-refractivity contribution in [3.05, 3.63) is 28.2 Å². The van der Waals surface area contributed by atoms with Crippen LogP contribution in [-0.2, 0) is 4.79 Å². The second-order valence-corrected chi connectivity index (χ2v) is 7.10. The van der Waals surface area contributed by atoms with E-state index in [1.165, 1.54) is 19.3 Å². The molecular weight excluding hydrogens is 335 g/mol. The largest absolute Gasteiger partial charge is 0.479 e. The van der Waals surface area contributed by atoms with Crippen LogP contribution in [0.15, 0.2) is 18.2 Å². The molecular formula is C17H22Cl2N2O2. The number of fused-ring (bicyclic) bond motifs is 1. The van der Waals surface area contributed by atoms with Crippen LogP contribution in [0, 0.1) is 0 Å². The van der Waals surface area contributed by atoms with E-state index in [9.17, 15) is 4.79 Å². The summed E-state index contributed by atoms with van der Waals surface area (Å²) in [6, 6.07) is 5.87. The molecule has 1 amide bonds. The Morgan fingerprint density at radius 1 is 1.30 bits per heavy atom. The lowest BCUT2D eigenvalue weighted by Crippen LogP contribution is -2.49. The quantitative estimate of drug-likeness (QED) is 0.897. The molecule has 0 spiro atoms. The molecule has 2 saturated heterocycles. The van der Waals surface area contributed by atoms with Gasteiger partial charge in [0.1, 0.15) is 10.8 Å². The lowest BCUT2D eigenvalue weighted by Gasteiger charge is -2.32. The van der Waals surface area contributed by atoms with Crippen molar-refractivity contribution in [3.63, 3.8) is 0 Å². The minimum Gasteiger partial charge on any atom is -0.479 e. The molecule has 2 aliphatic heterocycles. The number of ether oxygens (including phenoxy) is 1. The maximum absolute atomic E-state index is 12.4. The van der Waals surface area contributed by atoms with Gasteiger partial charge in [-0.3, -0.25) is 9.69 Å². The van der Waals surface area contributed by atoms with Gasteiger partial charge in [0.05, 0.1) is 5.02 Å². The van der Waals surface area contributed by atoms with Crippen LogP contribution in [0.2, 0.25) is 10.0 Å². The first-order valence-electron chi connectivity index (χ1n) is 8.21. The van der Waals surface area contributed by atoms with Crippen molar-refractivity contribution in [2.24, 2.45) is 0 Å². The average Bonchev–Trinajstić information content (AvgIpc) is 2.95. The Morgan fingerprint density at radius 2 is 2.13 bits per heavy atom. The smallest absolute Gasteiger partial charge is 0.261 e. The number of nitrogens with one attached hydrogen (secondary N) is 1. The zero-order valence-electron chi connectivity index (χ0n) is 13.2. The molecule has 2 aliphatic rings. The van der Waals surface area contributed by atoms with Gasteiger partial charge in [0.15, 0.2) is 6.10 Å². The van der Waals surface area contributed by atoms with Crippen LogP contribution in [0.3, 0.4) is 0 Å². The topological polar surface area (TPSA) is 41.6 Å². The molecule has 2 fully saturated rings. The normalized spacial score (nSPS) is 25.7. The third kappa shape index (κ3) is 3.76. The van der Waals surface area contributed by atoms with Crippen LogP contribution in [0.25, 0.3) is 0 Å². The third-order valence-electron chi connectivity index (χ3n) is 4.77. The molecule has 0 aromatic heterocycles. The van der Waals surface area contributed by atoms with Crippen molar-refractivity contribution in [1.29, 1.82) is 0 Å². The second kappa shape index (κ2) is 7.29. The summed E-state index contributed by atoms with van der Waals surface area (Å²) in [4.78, 5) is 14.9. The molecule has 3 unspecified atom stereocenters. The predicted octanol–water partition coefficient (Wildman–Crippen LogP) is 3.50. The van der Waals surface area contributed by atoms with Gasteiger partial charge >= 0.3 is 0 Å². The number of amides is 1. The SMILES string of the molecule is CC(Oc1cccc(Cl)c1Cl)C(=O)NC1CCN2CCCCC12. The van der Waals surface area contributed by atoms with E-state index in [4.69, 9.17) is 27.9 Å². The summed E-state index contributed by atoms with van der Waals surface area (Å²) in [5.74, 6) is 0.339. The van der Waals surface area contributed by atoms with Gasteiger partial charge in [0.25, 0.3) is 5.91 Å². The highest BCUT2D eigenvalue weighted by molar-refractivity contribution is 6.42. The van der Waals surface area contributed by atoms with Gasteiger partial charge in [0, 0.05) is 18.6 Å². The fourth-order valence-corrected chi connectivity index (χ4v) is 3.87. The molecule has 23 heavy (non-hydrogen) atoms. The minimum atomic E-state index is -0.608. The van der Waals surface area contributed by atoms with Crippen molar-refractivity contribution in [2.75, 3.05) is 13.1 Å². The van der Waals surface area contributed by atoms with E-state index in [2.05, 4.69) is 10.2 Å². The number of rotatable bonds is 4. The fourth-order valence-electron chi connectivity index (χ4n) is 3.53. The highest BCUT2D eigenvalue weighted by Crippen LogP contribution is 2.32. The summed E-state index contributed by atoms with van der Waals surface area (Å²) in [7, 11) is 0. The first-order valence-corrected chi connectivity index (χ1v) is 8.97. The molecule has 1 aromatic carbocycles. The van der Waals surface area contributed by atoms with Gasteiger partial charge in [-0.2, -0.15) is 0 Å². The zero-order valence-corrected chi connectivity index (χ0v) is 14.7. The number of halogens is 2. The number of carbonyl (C=O) groups excluding carboxylic acids is 1. The molecule has 0 radical (unpaired) electrons. The van der Waals surface area contributed by atoms with Gasteiger partial charge < -0.3 is 10.1 Å². The monoisotopic (exact) mass is 356 g/mol. The van der Waals surface area contributed by atoms with E-state index < -0.39 is 6.10 Å². The minimum absolute atomic E-state index is 0.0986. The Hall–Kier alpha value is -0.970. The van der Waals surface area contributed by atoms with Gasteiger partial charge in [-0.1, -0.05) is 35.7 Å². The molecule has 0 bridgehead atoms. The summed E-state index contributed by atoms with van der Waals surface area (Å²) in [5.41, 5.74) is 0. The standard InChI is InChI=1S/C17H22Cl2N2O2/c1-11(23-15-7-4-5-12(18)16(15)19)17(22)20-13-8-10-21-9-3-2-6-14(13)21/h4-5,7,11,13-14H,2-3,6,8-10H2,1H3,(H,20,22). The van der Waals surface area contributed by atoms with Crippen LogP contribution >= 0.6 is 23.2 Å². The van der Waals surface area contributed by atoms with E-state index in [0.29, 0.717) is 21.8 Å². The number of benzene rings is 1. The van der Waals surface area contributed by atoms with E-state index in [-0.39, 0.29) is 11.9 Å². The molecule has 126 valence electrons. The molecule has 2 heterocycles. The van der Waals surface area contributed by atoms with Crippen molar-refractivity contribution in [3.8, 4) is 5.75 Å². The highest BCUT2D eigenvalue weighted by Gasteiger charge is 2.36. The maximum Gasteiger partial charge on any atom is 0.261 e. The van der Waals surface area contributed by atoms with E-state index in [1.54, 1.807) is 25.1 Å². The third-order valence-corrected chi connectivity index (χ3v) is 5.57. The summed E-state index contributed by atoms with van der Waals surface area (Å²) < 4.78 is 5.69. The average molecular weight is 357 g/mol. The Labute approximate surface area is 147 Å². The van der Waals surface area contributed by atoms with E-state index >= 15 is 0 Å². The van der Waals surface area contributed by atoms with Crippen LogP contribution in [0.1, 0.15) is 32.6 Å². The molecule has 1 aromatic rings. The highest BCUT2D eigenvalue weighted by atomic mass is 35.5. The maximum atomic E-state index is 12.4. The summed E-state index contributed by atoms with van der Waals surface area (Å²) in [6.45, 7) is 3.96. The second-order valence-electron chi connectivity index (χ2n) is 6.31. The number of nitrogens with zero attached hydrogens (tertiary/aromatic N) is 1. The Bertz CT molecular complexity index is 582. The van der Waals surface area contributed by atoms with Crippen molar-refractivity contribution in [1.82, 2.24) is 10.2 Å². The van der Waals surface area contributed by atoms with E-state index in [0.717, 1.165) is 19.5 Å². The number of carbonyl (C=O) groups is 1. The Balaban J connectivity index is 1.58. The summed E-state index contributed by atoms with van der Waals surface area (Å²) >= 11 is 12.1. The Morgan fingerprint density at radius 3 is 2.96 bits per heavy atom. The molecule has 3 rings (SSSR count). The van der Waals surface area contributed by atoms with Gasteiger partial charge in [-0.05, 0) is 44.9 Å². The first kappa shape index (κ1) is 16.9. The fraction of sp³-hybridized carbons (Fsp3) is 0.588. The van der Waals surface area contributed by atoms with Crippen molar-refractivity contribution >= 4 is 29.1 Å². The lowest BCUT2D eigenvalue weighted by atomic mass is 9.99. The predicted molar refractivity (Wildman–Crippen MR) is 92.3 cm³/mol. The van der Waals surface area contributed by atoms with Crippen molar-refractivity contribution < 1.29 is 9.53 Å². The molecule has 1 N–H and O–H groups in total.